The third kappa shape index (κ3) is 3.10. The number of rotatable bonds is 3. The summed E-state index contributed by atoms with van der Waals surface area (Å²) in [6.07, 6.45) is 7.96. The third-order valence-electron chi connectivity index (χ3n) is 4.09. The molecule has 0 atom stereocenters. The summed E-state index contributed by atoms with van der Waals surface area (Å²) >= 11 is 0. The summed E-state index contributed by atoms with van der Waals surface area (Å²) in [4.78, 5) is 19.7. The van der Waals surface area contributed by atoms with Crippen molar-refractivity contribution in [3.63, 3.8) is 0 Å². The first kappa shape index (κ1) is 14.0. The molecule has 1 aliphatic heterocycles. The van der Waals surface area contributed by atoms with Gasteiger partial charge in [-0.3, -0.25) is 4.90 Å². The van der Waals surface area contributed by atoms with Crippen LogP contribution in [0.1, 0.15) is 16.8 Å². The van der Waals surface area contributed by atoms with Crippen molar-refractivity contribution in [3.8, 4) is 11.4 Å². The zero-order valence-electron chi connectivity index (χ0n) is 12.8. The highest BCUT2D eigenvalue weighted by atomic mass is 15.1. The topological polar surface area (TPSA) is 54.8 Å². The molecule has 1 aliphatic rings. The SMILES string of the molecule is c1ccc(CN2CCc3cnc(-c4cncnc4)nc3C2)cc1. The van der Waals surface area contributed by atoms with Crippen molar-refractivity contribution in [1.82, 2.24) is 24.8 Å². The van der Waals surface area contributed by atoms with Gasteiger partial charge in [0.15, 0.2) is 5.82 Å². The quantitative estimate of drug-likeness (QED) is 0.744. The second-order valence-electron chi connectivity index (χ2n) is 5.74. The van der Waals surface area contributed by atoms with Crippen LogP contribution in [-0.4, -0.2) is 31.4 Å². The lowest BCUT2D eigenvalue weighted by Gasteiger charge is -2.28. The maximum absolute atomic E-state index is 4.74. The summed E-state index contributed by atoms with van der Waals surface area (Å²) in [6.45, 7) is 2.85. The van der Waals surface area contributed by atoms with Crippen LogP contribution in [0.15, 0.2) is 55.2 Å². The third-order valence-corrected chi connectivity index (χ3v) is 4.09. The van der Waals surface area contributed by atoms with Crippen molar-refractivity contribution in [1.29, 1.82) is 0 Å². The van der Waals surface area contributed by atoms with E-state index in [1.807, 2.05) is 6.20 Å². The number of benzene rings is 1. The normalized spacial score (nSPS) is 14.4. The Morgan fingerprint density at radius 1 is 1.00 bits per heavy atom. The van der Waals surface area contributed by atoms with Crippen LogP contribution < -0.4 is 0 Å². The average Bonchev–Trinajstić information content (AvgIpc) is 2.63. The molecular weight excluding hydrogens is 286 g/mol. The molecular formula is C18H17N5. The minimum atomic E-state index is 0.700. The van der Waals surface area contributed by atoms with E-state index in [2.05, 4.69) is 50.2 Å². The number of fused-ring (bicyclic) bond motifs is 1. The molecule has 5 heteroatoms. The monoisotopic (exact) mass is 303 g/mol. The fourth-order valence-corrected chi connectivity index (χ4v) is 2.89. The molecule has 0 N–H and O–H groups in total. The van der Waals surface area contributed by atoms with E-state index >= 15 is 0 Å². The Labute approximate surface area is 135 Å². The highest BCUT2D eigenvalue weighted by Crippen LogP contribution is 2.21. The largest absolute Gasteiger partial charge is 0.293 e. The van der Waals surface area contributed by atoms with E-state index in [0.29, 0.717) is 5.82 Å². The van der Waals surface area contributed by atoms with Gasteiger partial charge in [0.2, 0.25) is 0 Å². The lowest BCUT2D eigenvalue weighted by Crippen LogP contribution is -2.31. The van der Waals surface area contributed by atoms with E-state index in [0.717, 1.165) is 37.3 Å². The lowest BCUT2D eigenvalue weighted by atomic mass is 10.1. The van der Waals surface area contributed by atoms with Crippen molar-refractivity contribution in [2.75, 3.05) is 6.54 Å². The molecule has 0 radical (unpaired) electrons. The van der Waals surface area contributed by atoms with Gasteiger partial charge in [0.1, 0.15) is 6.33 Å². The number of hydrogen-bond acceptors (Lipinski definition) is 5. The molecule has 4 rings (SSSR count). The molecule has 114 valence electrons. The Morgan fingerprint density at radius 2 is 1.83 bits per heavy atom. The molecule has 0 saturated heterocycles. The van der Waals surface area contributed by atoms with E-state index < -0.39 is 0 Å². The first-order valence-electron chi connectivity index (χ1n) is 7.75. The zero-order chi connectivity index (χ0) is 15.5. The Balaban J connectivity index is 1.56. The molecule has 23 heavy (non-hydrogen) atoms. The summed E-state index contributed by atoms with van der Waals surface area (Å²) in [5.41, 5.74) is 4.55. The standard InChI is InChI=1S/C18H17N5/c1-2-4-14(5-3-1)11-23-7-6-15-10-21-18(22-17(15)12-23)16-8-19-13-20-9-16/h1-5,8-10,13H,6-7,11-12H2. The van der Waals surface area contributed by atoms with Gasteiger partial charge in [-0.15, -0.1) is 0 Å². The van der Waals surface area contributed by atoms with Crippen LogP contribution in [0.2, 0.25) is 0 Å². The molecule has 0 amide bonds. The van der Waals surface area contributed by atoms with Gasteiger partial charge in [0, 0.05) is 38.2 Å². The number of hydrogen-bond donors (Lipinski definition) is 0. The maximum Gasteiger partial charge on any atom is 0.162 e. The predicted octanol–water partition coefficient (Wildman–Crippen LogP) is 2.49. The minimum absolute atomic E-state index is 0.700. The van der Waals surface area contributed by atoms with Crippen LogP contribution in [0.5, 0.6) is 0 Å². The number of aromatic nitrogens is 4. The van der Waals surface area contributed by atoms with Crippen LogP contribution in [-0.2, 0) is 19.5 Å². The Morgan fingerprint density at radius 3 is 2.65 bits per heavy atom. The molecule has 0 aliphatic carbocycles. The second kappa shape index (κ2) is 6.22. The van der Waals surface area contributed by atoms with Crippen molar-refractivity contribution in [2.24, 2.45) is 0 Å². The summed E-state index contributed by atoms with van der Waals surface area (Å²) in [5.74, 6) is 0.700. The van der Waals surface area contributed by atoms with Gasteiger partial charge < -0.3 is 0 Å². The predicted molar refractivity (Wildman–Crippen MR) is 87.3 cm³/mol. The van der Waals surface area contributed by atoms with Gasteiger partial charge >= 0.3 is 0 Å². The fraction of sp³-hybridized carbons (Fsp3) is 0.222. The van der Waals surface area contributed by atoms with Gasteiger partial charge in [-0.05, 0) is 17.5 Å². The van der Waals surface area contributed by atoms with Gasteiger partial charge in [-0.2, -0.15) is 0 Å². The van der Waals surface area contributed by atoms with E-state index in [1.54, 1.807) is 12.4 Å². The Bertz CT molecular complexity index is 789. The number of nitrogens with zero attached hydrogens (tertiary/aromatic N) is 5. The van der Waals surface area contributed by atoms with Crippen molar-refractivity contribution < 1.29 is 0 Å². The summed E-state index contributed by atoms with van der Waals surface area (Å²) in [6, 6.07) is 10.6. The van der Waals surface area contributed by atoms with E-state index in [-0.39, 0.29) is 0 Å². The van der Waals surface area contributed by atoms with E-state index in [1.165, 1.54) is 17.5 Å². The molecule has 0 bridgehead atoms. The molecule has 2 aromatic heterocycles. The van der Waals surface area contributed by atoms with Crippen molar-refractivity contribution in [3.05, 3.63) is 72.1 Å². The Hall–Kier alpha value is -2.66. The van der Waals surface area contributed by atoms with Crippen molar-refractivity contribution >= 4 is 0 Å². The van der Waals surface area contributed by atoms with Gasteiger partial charge in [0.05, 0.1) is 11.3 Å². The maximum atomic E-state index is 4.74. The second-order valence-corrected chi connectivity index (χ2v) is 5.74. The van der Waals surface area contributed by atoms with Crippen LogP contribution >= 0.6 is 0 Å². The van der Waals surface area contributed by atoms with Gasteiger partial charge in [0.25, 0.3) is 0 Å². The average molecular weight is 303 g/mol. The fourth-order valence-electron chi connectivity index (χ4n) is 2.89. The zero-order valence-corrected chi connectivity index (χ0v) is 12.8. The first-order chi connectivity index (χ1) is 11.4. The lowest BCUT2D eigenvalue weighted by molar-refractivity contribution is 0.241. The van der Waals surface area contributed by atoms with Crippen LogP contribution in [0.25, 0.3) is 11.4 Å². The summed E-state index contributed by atoms with van der Waals surface area (Å²) in [7, 11) is 0. The molecule has 0 spiro atoms. The molecule has 0 saturated carbocycles. The van der Waals surface area contributed by atoms with E-state index in [4.69, 9.17) is 4.98 Å². The highest BCUT2D eigenvalue weighted by Gasteiger charge is 2.19. The molecule has 0 fully saturated rings. The smallest absolute Gasteiger partial charge is 0.162 e. The molecule has 1 aromatic carbocycles. The van der Waals surface area contributed by atoms with Crippen LogP contribution in [0.4, 0.5) is 0 Å². The minimum Gasteiger partial charge on any atom is -0.293 e. The van der Waals surface area contributed by atoms with Gasteiger partial charge in [-0.25, -0.2) is 19.9 Å². The molecule has 3 aromatic rings. The summed E-state index contributed by atoms with van der Waals surface area (Å²) in [5, 5.41) is 0. The van der Waals surface area contributed by atoms with Crippen LogP contribution in [0.3, 0.4) is 0 Å². The van der Waals surface area contributed by atoms with Crippen molar-refractivity contribution in [2.45, 2.75) is 19.5 Å². The molecule has 5 nitrogen and oxygen atoms in total. The first-order valence-corrected chi connectivity index (χ1v) is 7.75. The Kier molecular flexibility index (Phi) is 3.78. The molecule has 3 heterocycles. The van der Waals surface area contributed by atoms with Crippen LogP contribution in [0, 0.1) is 0 Å². The molecule has 0 unspecified atom stereocenters. The summed E-state index contributed by atoms with van der Waals surface area (Å²) < 4.78 is 0. The highest BCUT2D eigenvalue weighted by molar-refractivity contribution is 5.52. The van der Waals surface area contributed by atoms with E-state index in [9.17, 15) is 0 Å². The van der Waals surface area contributed by atoms with Gasteiger partial charge in [-0.1, -0.05) is 30.3 Å².